The molecule has 0 aliphatic carbocycles. The van der Waals surface area contributed by atoms with Gasteiger partial charge in [0.15, 0.2) is 0 Å². The van der Waals surface area contributed by atoms with Crippen molar-refractivity contribution >= 4 is 27.3 Å². The van der Waals surface area contributed by atoms with E-state index in [9.17, 15) is 8.42 Å². The predicted molar refractivity (Wildman–Crippen MR) is 123 cm³/mol. The van der Waals surface area contributed by atoms with Crippen LogP contribution in [0.1, 0.15) is 44.8 Å². The molecule has 0 atom stereocenters. The van der Waals surface area contributed by atoms with Crippen LogP contribution in [0.25, 0.3) is 0 Å². The summed E-state index contributed by atoms with van der Waals surface area (Å²) in [6.07, 6.45) is 0. The molecule has 0 fully saturated rings. The van der Waals surface area contributed by atoms with Crippen molar-refractivity contribution in [3.8, 4) is 0 Å². The van der Waals surface area contributed by atoms with Crippen molar-refractivity contribution in [3.63, 3.8) is 0 Å². The van der Waals surface area contributed by atoms with E-state index in [1.807, 2.05) is 65.8 Å². The fraction of sp³-hybridized carbons (Fsp3) is 0.348. The molecule has 1 aromatic heterocycles. The molecule has 0 aliphatic rings. The van der Waals surface area contributed by atoms with Gasteiger partial charge in [0.2, 0.25) is 0 Å². The Labute approximate surface area is 184 Å². The highest BCUT2D eigenvalue weighted by molar-refractivity contribution is 7.92. The van der Waals surface area contributed by atoms with E-state index in [0.29, 0.717) is 27.8 Å². The molecule has 3 rings (SSSR count). The van der Waals surface area contributed by atoms with Gasteiger partial charge in [-0.15, -0.1) is 0 Å². The first kappa shape index (κ1) is 22.4. The summed E-state index contributed by atoms with van der Waals surface area (Å²) in [5.41, 5.74) is 7.49. The Hall–Kier alpha value is -2.31. The van der Waals surface area contributed by atoms with Crippen molar-refractivity contribution < 1.29 is 8.42 Å². The van der Waals surface area contributed by atoms with Gasteiger partial charge in [0.05, 0.1) is 28.5 Å². The van der Waals surface area contributed by atoms with Crippen LogP contribution in [0.3, 0.4) is 0 Å². The van der Waals surface area contributed by atoms with Gasteiger partial charge in [0.25, 0.3) is 10.0 Å². The average molecular weight is 446 g/mol. The number of rotatable bonds is 5. The Morgan fingerprint density at radius 1 is 0.900 bits per heavy atom. The summed E-state index contributed by atoms with van der Waals surface area (Å²) in [5, 5.41) is 5.21. The molecule has 0 unspecified atom stereocenters. The molecule has 0 radical (unpaired) electrons. The third kappa shape index (κ3) is 3.86. The Kier molecular flexibility index (Phi) is 6.03. The Balaban J connectivity index is 2.04. The van der Waals surface area contributed by atoms with E-state index in [4.69, 9.17) is 11.6 Å². The lowest BCUT2D eigenvalue weighted by atomic mass is 9.95. The Bertz CT molecular complexity index is 1210. The number of hydrogen-bond acceptors (Lipinski definition) is 3. The summed E-state index contributed by atoms with van der Waals surface area (Å²) < 4.78 is 31.4. The van der Waals surface area contributed by atoms with Crippen LogP contribution >= 0.6 is 11.6 Å². The molecule has 0 amide bonds. The SMILES string of the molecule is Cc1nn(Cc2ccccc2Cl)c(C)c1NS(=O)(=O)c1c(C)c(C)c(C)c(C)c1C. The maximum atomic E-state index is 13.4. The van der Waals surface area contributed by atoms with Gasteiger partial charge in [-0.1, -0.05) is 29.8 Å². The number of benzene rings is 2. The van der Waals surface area contributed by atoms with Gasteiger partial charge in [0.1, 0.15) is 0 Å². The van der Waals surface area contributed by atoms with Crippen LogP contribution in [-0.2, 0) is 16.6 Å². The quantitative estimate of drug-likeness (QED) is 0.560. The van der Waals surface area contributed by atoms with Crippen LogP contribution in [0.5, 0.6) is 0 Å². The number of aromatic nitrogens is 2. The lowest BCUT2D eigenvalue weighted by Crippen LogP contribution is -2.18. The van der Waals surface area contributed by atoms with Crippen molar-refractivity contribution in [2.45, 2.75) is 59.9 Å². The Morgan fingerprint density at radius 3 is 2.00 bits per heavy atom. The predicted octanol–water partition coefficient (Wildman–Crippen LogP) is 5.54. The molecule has 0 saturated heterocycles. The zero-order chi connectivity index (χ0) is 22.4. The third-order valence-corrected chi connectivity index (χ3v) is 8.09. The number of nitrogens with zero attached hydrogens (tertiary/aromatic N) is 2. The van der Waals surface area contributed by atoms with E-state index in [0.717, 1.165) is 39.1 Å². The van der Waals surface area contributed by atoms with Crippen molar-refractivity contribution in [3.05, 3.63) is 74.1 Å². The van der Waals surface area contributed by atoms with E-state index in [2.05, 4.69) is 9.82 Å². The van der Waals surface area contributed by atoms with Gasteiger partial charge < -0.3 is 0 Å². The number of aryl methyl sites for hydroxylation is 1. The van der Waals surface area contributed by atoms with Crippen molar-refractivity contribution in [1.29, 1.82) is 0 Å². The van der Waals surface area contributed by atoms with Crippen LogP contribution in [0.2, 0.25) is 5.02 Å². The second-order valence-electron chi connectivity index (χ2n) is 7.85. The van der Waals surface area contributed by atoms with Crippen molar-refractivity contribution in [2.75, 3.05) is 4.72 Å². The first-order valence-electron chi connectivity index (χ1n) is 9.82. The highest BCUT2D eigenvalue weighted by atomic mass is 35.5. The molecule has 0 aliphatic heterocycles. The lowest BCUT2D eigenvalue weighted by Gasteiger charge is -2.19. The average Bonchev–Trinajstić information content (AvgIpc) is 2.93. The van der Waals surface area contributed by atoms with Crippen LogP contribution in [0.15, 0.2) is 29.2 Å². The molecule has 1 heterocycles. The molecule has 1 N–H and O–H groups in total. The molecule has 3 aromatic rings. The summed E-state index contributed by atoms with van der Waals surface area (Å²) in [7, 11) is -3.78. The summed E-state index contributed by atoms with van der Waals surface area (Å²) >= 11 is 6.28. The zero-order valence-corrected chi connectivity index (χ0v) is 20.1. The van der Waals surface area contributed by atoms with E-state index < -0.39 is 10.0 Å². The first-order chi connectivity index (χ1) is 14.0. The van der Waals surface area contributed by atoms with Gasteiger partial charge >= 0.3 is 0 Å². The van der Waals surface area contributed by atoms with E-state index in [-0.39, 0.29) is 0 Å². The number of hydrogen-bond donors (Lipinski definition) is 1. The molecule has 0 saturated carbocycles. The number of sulfonamides is 1. The number of nitrogens with one attached hydrogen (secondary N) is 1. The summed E-state index contributed by atoms with van der Waals surface area (Å²) in [6, 6.07) is 7.57. The van der Waals surface area contributed by atoms with Crippen molar-refractivity contribution in [1.82, 2.24) is 9.78 Å². The van der Waals surface area contributed by atoms with E-state index in [1.54, 1.807) is 11.6 Å². The minimum Gasteiger partial charge on any atom is -0.276 e. The van der Waals surface area contributed by atoms with Crippen LogP contribution in [-0.4, -0.2) is 18.2 Å². The van der Waals surface area contributed by atoms with Crippen LogP contribution in [0.4, 0.5) is 5.69 Å². The van der Waals surface area contributed by atoms with Gasteiger partial charge in [-0.2, -0.15) is 5.10 Å². The minimum absolute atomic E-state index is 0.348. The second kappa shape index (κ2) is 8.08. The van der Waals surface area contributed by atoms with Crippen LogP contribution in [0, 0.1) is 48.5 Å². The molecule has 160 valence electrons. The smallest absolute Gasteiger partial charge is 0.262 e. The summed E-state index contributed by atoms with van der Waals surface area (Å²) in [4.78, 5) is 0.348. The molecule has 0 spiro atoms. The van der Waals surface area contributed by atoms with Crippen LogP contribution < -0.4 is 4.72 Å². The maximum Gasteiger partial charge on any atom is 0.262 e. The molecular formula is C23H28ClN3O2S. The largest absolute Gasteiger partial charge is 0.276 e. The number of halogens is 1. The van der Waals surface area contributed by atoms with Gasteiger partial charge in [0, 0.05) is 5.02 Å². The topological polar surface area (TPSA) is 64.0 Å². The van der Waals surface area contributed by atoms with Gasteiger partial charge in [-0.3, -0.25) is 9.40 Å². The zero-order valence-electron chi connectivity index (χ0n) is 18.5. The highest BCUT2D eigenvalue weighted by Gasteiger charge is 2.26. The highest BCUT2D eigenvalue weighted by Crippen LogP contribution is 2.32. The monoisotopic (exact) mass is 445 g/mol. The van der Waals surface area contributed by atoms with Gasteiger partial charge in [-0.05, 0) is 87.9 Å². The normalized spacial score (nSPS) is 11.7. The molecule has 0 bridgehead atoms. The Morgan fingerprint density at radius 2 is 1.43 bits per heavy atom. The molecule has 7 heteroatoms. The van der Waals surface area contributed by atoms with Gasteiger partial charge in [-0.25, -0.2) is 8.42 Å². The molecule has 5 nitrogen and oxygen atoms in total. The minimum atomic E-state index is -3.78. The standard InChI is InChI=1S/C23H28ClN3O2S/c1-13-14(2)16(4)23(17(5)15(13)3)30(28,29)26-22-18(6)25-27(19(22)7)12-20-10-8-9-11-21(20)24/h8-11,26H,12H2,1-7H3. The maximum absolute atomic E-state index is 13.4. The molecule has 30 heavy (non-hydrogen) atoms. The molecule has 2 aromatic carbocycles. The van der Waals surface area contributed by atoms with Crippen molar-refractivity contribution in [2.24, 2.45) is 0 Å². The fourth-order valence-electron chi connectivity index (χ4n) is 3.84. The number of anilines is 1. The third-order valence-electron chi connectivity index (χ3n) is 6.10. The second-order valence-corrected chi connectivity index (χ2v) is 9.88. The summed E-state index contributed by atoms with van der Waals surface area (Å²) in [6.45, 7) is 13.8. The summed E-state index contributed by atoms with van der Waals surface area (Å²) in [5.74, 6) is 0. The molecular weight excluding hydrogens is 418 g/mol. The first-order valence-corrected chi connectivity index (χ1v) is 11.7. The lowest BCUT2D eigenvalue weighted by molar-refractivity contribution is 0.599. The fourth-order valence-corrected chi connectivity index (χ4v) is 5.81. The van der Waals surface area contributed by atoms with E-state index >= 15 is 0 Å². The van der Waals surface area contributed by atoms with E-state index in [1.165, 1.54) is 0 Å².